The van der Waals surface area contributed by atoms with Gasteiger partial charge in [0.1, 0.15) is 0 Å². The van der Waals surface area contributed by atoms with Gasteiger partial charge in [-0.15, -0.1) is 0 Å². The van der Waals surface area contributed by atoms with Gasteiger partial charge < -0.3 is 5.32 Å². The maximum Gasteiger partial charge on any atom is 0.0600 e. The molecule has 2 heterocycles. The van der Waals surface area contributed by atoms with Gasteiger partial charge in [-0.1, -0.05) is 6.07 Å². The molecule has 1 N–H and O–H groups in total. The van der Waals surface area contributed by atoms with Crippen LogP contribution in [0.3, 0.4) is 0 Å². The minimum atomic E-state index is 0.402. The first-order valence-electron chi connectivity index (χ1n) is 6.17. The molecule has 0 aliphatic carbocycles. The molecule has 0 radical (unpaired) electrons. The van der Waals surface area contributed by atoms with E-state index in [9.17, 15) is 0 Å². The number of hydrogen-bond donors (Lipinski definition) is 1. The lowest BCUT2D eigenvalue weighted by Gasteiger charge is -2.39. The normalized spacial score (nSPS) is 24.2. The fourth-order valence-corrected chi connectivity index (χ4v) is 2.52. The molecule has 1 fully saturated rings. The fourth-order valence-electron chi connectivity index (χ4n) is 2.52. The quantitative estimate of drug-likeness (QED) is 0.844. The third-order valence-electron chi connectivity index (χ3n) is 3.49. The van der Waals surface area contributed by atoms with Crippen molar-refractivity contribution in [3.8, 4) is 0 Å². The smallest absolute Gasteiger partial charge is 0.0600 e. The van der Waals surface area contributed by atoms with E-state index in [1.165, 1.54) is 31.5 Å². The second kappa shape index (κ2) is 5.41. The predicted octanol–water partition coefficient (Wildman–Crippen LogP) is 2.17. The molecule has 1 aromatic heterocycles. The van der Waals surface area contributed by atoms with Gasteiger partial charge in [-0.25, -0.2) is 0 Å². The standard InChI is InChI=1S/C13H21N3/c1-11(12-7-3-5-9-15-12)16-10-6-4-8-13(16)14-2/h3,5,7,9,11,13-14H,4,6,8,10H2,1-2H3. The first kappa shape index (κ1) is 11.6. The minimum absolute atomic E-state index is 0.402. The van der Waals surface area contributed by atoms with Crippen molar-refractivity contribution in [1.82, 2.24) is 15.2 Å². The third kappa shape index (κ3) is 2.42. The number of likely N-dealkylation sites (tertiary alicyclic amines) is 1. The Balaban J connectivity index is 2.10. The van der Waals surface area contributed by atoms with Crippen LogP contribution in [-0.4, -0.2) is 29.6 Å². The summed E-state index contributed by atoms with van der Waals surface area (Å²) in [6.07, 6.45) is 6.26. The molecule has 1 aromatic rings. The van der Waals surface area contributed by atoms with Crippen molar-refractivity contribution in [2.24, 2.45) is 0 Å². The van der Waals surface area contributed by atoms with Crippen LogP contribution in [-0.2, 0) is 0 Å². The van der Waals surface area contributed by atoms with Crippen molar-refractivity contribution in [3.63, 3.8) is 0 Å². The average Bonchev–Trinajstić information content (AvgIpc) is 2.39. The number of nitrogens with zero attached hydrogens (tertiary/aromatic N) is 2. The Kier molecular flexibility index (Phi) is 3.91. The molecule has 3 nitrogen and oxygen atoms in total. The Labute approximate surface area is 97.9 Å². The minimum Gasteiger partial charge on any atom is -0.305 e. The lowest BCUT2D eigenvalue weighted by molar-refractivity contribution is 0.0837. The average molecular weight is 219 g/mol. The van der Waals surface area contributed by atoms with Crippen LogP contribution in [0.25, 0.3) is 0 Å². The summed E-state index contributed by atoms with van der Waals surface area (Å²) in [5, 5.41) is 3.40. The van der Waals surface area contributed by atoms with Crippen LogP contribution in [0.15, 0.2) is 24.4 Å². The number of piperidine rings is 1. The monoisotopic (exact) mass is 219 g/mol. The summed E-state index contributed by atoms with van der Waals surface area (Å²) in [5.74, 6) is 0. The van der Waals surface area contributed by atoms with Crippen LogP contribution in [0.4, 0.5) is 0 Å². The molecular weight excluding hydrogens is 198 g/mol. The zero-order valence-corrected chi connectivity index (χ0v) is 10.2. The number of nitrogens with one attached hydrogen (secondary N) is 1. The van der Waals surface area contributed by atoms with Gasteiger partial charge in [0.2, 0.25) is 0 Å². The van der Waals surface area contributed by atoms with Gasteiger partial charge in [0.15, 0.2) is 0 Å². The Morgan fingerprint density at radius 1 is 1.44 bits per heavy atom. The molecule has 2 rings (SSSR count). The van der Waals surface area contributed by atoms with Gasteiger partial charge in [-0.05, 0) is 45.4 Å². The van der Waals surface area contributed by atoms with Crippen molar-refractivity contribution in [1.29, 1.82) is 0 Å². The lowest BCUT2D eigenvalue weighted by atomic mass is 10.0. The number of pyridine rings is 1. The molecule has 3 heteroatoms. The maximum atomic E-state index is 4.45. The Morgan fingerprint density at radius 3 is 3.00 bits per heavy atom. The molecule has 2 unspecified atom stereocenters. The van der Waals surface area contributed by atoms with Gasteiger partial charge >= 0.3 is 0 Å². The second-order valence-electron chi connectivity index (χ2n) is 4.47. The van der Waals surface area contributed by atoms with E-state index in [1.807, 2.05) is 19.3 Å². The summed E-state index contributed by atoms with van der Waals surface area (Å²) < 4.78 is 0. The molecule has 0 bridgehead atoms. The third-order valence-corrected chi connectivity index (χ3v) is 3.49. The largest absolute Gasteiger partial charge is 0.305 e. The van der Waals surface area contributed by atoms with E-state index in [2.05, 4.69) is 34.3 Å². The molecule has 0 amide bonds. The molecule has 1 aliphatic heterocycles. The highest BCUT2D eigenvalue weighted by atomic mass is 15.3. The summed E-state index contributed by atoms with van der Waals surface area (Å²) in [7, 11) is 2.05. The van der Waals surface area contributed by atoms with Crippen molar-refractivity contribution in [2.45, 2.75) is 38.4 Å². The van der Waals surface area contributed by atoms with Crippen LogP contribution in [0, 0.1) is 0 Å². The van der Waals surface area contributed by atoms with Crippen LogP contribution in [0.2, 0.25) is 0 Å². The van der Waals surface area contributed by atoms with Crippen LogP contribution in [0.1, 0.15) is 37.9 Å². The second-order valence-corrected chi connectivity index (χ2v) is 4.47. The van der Waals surface area contributed by atoms with Gasteiger partial charge in [0.25, 0.3) is 0 Å². The highest BCUT2D eigenvalue weighted by molar-refractivity contribution is 5.08. The highest BCUT2D eigenvalue weighted by Crippen LogP contribution is 2.25. The van der Waals surface area contributed by atoms with E-state index in [1.54, 1.807) is 0 Å². The SMILES string of the molecule is CNC1CCCCN1C(C)c1ccccn1. The van der Waals surface area contributed by atoms with Gasteiger partial charge in [-0.3, -0.25) is 9.88 Å². The van der Waals surface area contributed by atoms with E-state index in [4.69, 9.17) is 0 Å². The lowest BCUT2D eigenvalue weighted by Crippen LogP contribution is -2.48. The Morgan fingerprint density at radius 2 is 2.31 bits per heavy atom. The van der Waals surface area contributed by atoms with Crippen molar-refractivity contribution >= 4 is 0 Å². The zero-order chi connectivity index (χ0) is 11.4. The summed E-state index contributed by atoms with van der Waals surface area (Å²) in [6, 6.07) is 6.56. The molecule has 0 saturated carbocycles. The summed E-state index contributed by atoms with van der Waals surface area (Å²) in [4.78, 5) is 6.97. The number of rotatable bonds is 3. The molecule has 1 aliphatic rings. The van der Waals surface area contributed by atoms with Crippen molar-refractivity contribution in [3.05, 3.63) is 30.1 Å². The Hall–Kier alpha value is -0.930. The van der Waals surface area contributed by atoms with Crippen LogP contribution >= 0.6 is 0 Å². The van der Waals surface area contributed by atoms with Crippen molar-refractivity contribution in [2.75, 3.05) is 13.6 Å². The predicted molar refractivity (Wildman–Crippen MR) is 66.1 cm³/mol. The number of hydrogen-bond acceptors (Lipinski definition) is 3. The molecule has 2 atom stereocenters. The first-order chi connectivity index (χ1) is 7.83. The molecule has 16 heavy (non-hydrogen) atoms. The van der Waals surface area contributed by atoms with Crippen LogP contribution < -0.4 is 5.32 Å². The van der Waals surface area contributed by atoms with Gasteiger partial charge in [0, 0.05) is 12.7 Å². The van der Waals surface area contributed by atoms with E-state index in [0.29, 0.717) is 12.2 Å². The number of aromatic nitrogens is 1. The Bertz CT molecular complexity index is 312. The molecule has 88 valence electrons. The topological polar surface area (TPSA) is 28.2 Å². The summed E-state index contributed by atoms with van der Waals surface area (Å²) >= 11 is 0. The first-order valence-corrected chi connectivity index (χ1v) is 6.17. The van der Waals surface area contributed by atoms with Gasteiger partial charge in [0.05, 0.1) is 17.9 Å². The van der Waals surface area contributed by atoms with E-state index in [0.717, 1.165) is 0 Å². The molecule has 0 spiro atoms. The maximum absolute atomic E-state index is 4.45. The summed E-state index contributed by atoms with van der Waals surface area (Å²) in [6.45, 7) is 3.42. The van der Waals surface area contributed by atoms with Gasteiger partial charge in [-0.2, -0.15) is 0 Å². The van der Waals surface area contributed by atoms with E-state index in [-0.39, 0.29) is 0 Å². The fraction of sp³-hybridized carbons (Fsp3) is 0.615. The molecular formula is C13H21N3. The van der Waals surface area contributed by atoms with E-state index < -0.39 is 0 Å². The summed E-state index contributed by atoms with van der Waals surface area (Å²) in [5.41, 5.74) is 1.17. The van der Waals surface area contributed by atoms with E-state index >= 15 is 0 Å². The van der Waals surface area contributed by atoms with Crippen LogP contribution in [0.5, 0.6) is 0 Å². The molecule has 0 aromatic carbocycles. The molecule has 1 saturated heterocycles. The van der Waals surface area contributed by atoms with Crippen molar-refractivity contribution < 1.29 is 0 Å². The highest BCUT2D eigenvalue weighted by Gasteiger charge is 2.26. The zero-order valence-electron chi connectivity index (χ0n) is 10.2.